The average Bonchev–Trinajstić information content (AvgIpc) is 2.75. The number of rotatable bonds is 7. The van der Waals surface area contributed by atoms with E-state index in [9.17, 15) is 15.3 Å². The van der Waals surface area contributed by atoms with Crippen LogP contribution in [-0.4, -0.2) is 36.1 Å². The standard InChI is InChI=1S/C23H21BrO6/c1-28-20-13-17(14-4-7-16(25)8-5-14)23(29-2)22(27)21(20)15-6-9-19(18(26)12-15)30-11-3-10-24/h3-10,12-13,25-27H,11H2,1-2H3/b10-3+. The van der Waals surface area contributed by atoms with Crippen LogP contribution in [0.2, 0.25) is 0 Å². The van der Waals surface area contributed by atoms with Crippen LogP contribution in [0.3, 0.4) is 0 Å². The molecule has 0 unspecified atom stereocenters. The summed E-state index contributed by atoms with van der Waals surface area (Å²) >= 11 is 3.16. The van der Waals surface area contributed by atoms with Gasteiger partial charge in [0.15, 0.2) is 23.0 Å². The number of benzene rings is 3. The molecule has 3 rings (SSSR count). The molecule has 0 bridgehead atoms. The van der Waals surface area contributed by atoms with Crippen LogP contribution in [-0.2, 0) is 0 Å². The highest BCUT2D eigenvalue weighted by atomic mass is 79.9. The van der Waals surface area contributed by atoms with Crippen molar-refractivity contribution >= 4 is 15.9 Å². The van der Waals surface area contributed by atoms with Gasteiger partial charge in [-0.25, -0.2) is 0 Å². The summed E-state index contributed by atoms with van der Waals surface area (Å²) < 4.78 is 16.5. The first-order valence-electron chi connectivity index (χ1n) is 8.98. The Morgan fingerprint density at radius 1 is 0.867 bits per heavy atom. The monoisotopic (exact) mass is 472 g/mol. The van der Waals surface area contributed by atoms with Gasteiger partial charge in [0.1, 0.15) is 18.1 Å². The number of halogens is 1. The summed E-state index contributed by atoms with van der Waals surface area (Å²) in [4.78, 5) is 1.67. The Labute approximate surface area is 182 Å². The van der Waals surface area contributed by atoms with E-state index in [-0.39, 0.29) is 23.0 Å². The van der Waals surface area contributed by atoms with Gasteiger partial charge in [-0.3, -0.25) is 0 Å². The average molecular weight is 473 g/mol. The van der Waals surface area contributed by atoms with Crippen LogP contribution in [0.5, 0.6) is 34.5 Å². The van der Waals surface area contributed by atoms with Crippen LogP contribution in [0.1, 0.15) is 0 Å². The van der Waals surface area contributed by atoms with Crippen molar-refractivity contribution in [2.24, 2.45) is 0 Å². The fourth-order valence-electron chi connectivity index (χ4n) is 3.10. The van der Waals surface area contributed by atoms with Crippen molar-refractivity contribution in [3.8, 4) is 56.8 Å². The maximum absolute atomic E-state index is 11.0. The maximum atomic E-state index is 11.0. The number of hydrogen-bond donors (Lipinski definition) is 3. The normalized spacial score (nSPS) is 10.9. The molecule has 0 heterocycles. The molecule has 3 aromatic rings. The lowest BCUT2D eigenvalue weighted by molar-refractivity contribution is 0.336. The summed E-state index contributed by atoms with van der Waals surface area (Å²) in [7, 11) is 2.95. The van der Waals surface area contributed by atoms with Crippen molar-refractivity contribution in [3.05, 3.63) is 59.6 Å². The van der Waals surface area contributed by atoms with E-state index in [4.69, 9.17) is 14.2 Å². The molecule has 0 saturated carbocycles. The second-order valence-electron chi connectivity index (χ2n) is 6.29. The molecule has 0 aliphatic rings. The van der Waals surface area contributed by atoms with Crippen LogP contribution < -0.4 is 14.2 Å². The highest BCUT2D eigenvalue weighted by Crippen LogP contribution is 2.50. The lowest BCUT2D eigenvalue weighted by Crippen LogP contribution is -1.96. The lowest BCUT2D eigenvalue weighted by atomic mass is 9.96. The first-order valence-corrected chi connectivity index (χ1v) is 9.90. The lowest BCUT2D eigenvalue weighted by Gasteiger charge is -2.18. The summed E-state index contributed by atoms with van der Waals surface area (Å²) in [6.45, 7) is 0.294. The van der Waals surface area contributed by atoms with Gasteiger partial charge in [-0.1, -0.05) is 34.1 Å². The van der Waals surface area contributed by atoms with Gasteiger partial charge in [-0.2, -0.15) is 0 Å². The molecule has 0 aliphatic carbocycles. The SMILES string of the molecule is COc1cc(-c2ccc(O)cc2)c(OC)c(O)c1-c1ccc(OC/C=C/Br)c(O)c1. The second kappa shape index (κ2) is 9.45. The fraction of sp³-hybridized carbons (Fsp3) is 0.130. The molecular formula is C23H21BrO6. The van der Waals surface area contributed by atoms with Gasteiger partial charge in [-0.05, 0) is 52.5 Å². The van der Waals surface area contributed by atoms with Gasteiger partial charge >= 0.3 is 0 Å². The van der Waals surface area contributed by atoms with Gasteiger partial charge in [0, 0.05) is 5.56 Å². The second-order valence-corrected chi connectivity index (χ2v) is 6.81. The van der Waals surface area contributed by atoms with Crippen molar-refractivity contribution in [2.45, 2.75) is 0 Å². The zero-order valence-electron chi connectivity index (χ0n) is 16.4. The Morgan fingerprint density at radius 3 is 2.17 bits per heavy atom. The minimum absolute atomic E-state index is 0.0708. The summed E-state index contributed by atoms with van der Waals surface area (Å²) in [6, 6.07) is 13.1. The summed E-state index contributed by atoms with van der Waals surface area (Å²) in [5.74, 6) is 0.893. The number of aromatic hydroxyl groups is 3. The van der Waals surface area contributed by atoms with Crippen molar-refractivity contribution in [3.63, 3.8) is 0 Å². The molecule has 7 heteroatoms. The minimum Gasteiger partial charge on any atom is -0.508 e. The van der Waals surface area contributed by atoms with E-state index >= 15 is 0 Å². The van der Waals surface area contributed by atoms with Crippen molar-refractivity contribution < 1.29 is 29.5 Å². The van der Waals surface area contributed by atoms with Gasteiger partial charge in [0.25, 0.3) is 0 Å². The van der Waals surface area contributed by atoms with Gasteiger partial charge in [0.05, 0.1) is 19.8 Å². The minimum atomic E-state index is -0.129. The van der Waals surface area contributed by atoms with Crippen molar-refractivity contribution in [1.29, 1.82) is 0 Å². The fourth-order valence-corrected chi connectivity index (χ4v) is 3.25. The van der Waals surface area contributed by atoms with Crippen molar-refractivity contribution in [1.82, 2.24) is 0 Å². The zero-order chi connectivity index (χ0) is 21.7. The molecule has 0 amide bonds. The zero-order valence-corrected chi connectivity index (χ0v) is 18.0. The molecule has 0 radical (unpaired) electrons. The molecule has 30 heavy (non-hydrogen) atoms. The molecule has 0 fully saturated rings. The Kier molecular flexibility index (Phi) is 6.74. The molecule has 3 N–H and O–H groups in total. The smallest absolute Gasteiger partial charge is 0.170 e. The molecule has 6 nitrogen and oxygen atoms in total. The first kappa shape index (κ1) is 21.4. The number of hydrogen-bond acceptors (Lipinski definition) is 6. The number of phenolic OH excluding ortho intramolecular Hbond substituents is 3. The van der Waals surface area contributed by atoms with Gasteiger partial charge < -0.3 is 29.5 Å². The largest absolute Gasteiger partial charge is 0.508 e. The topological polar surface area (TPSA) is 88.4 Å². The molecule has 156 valence electrons. The molecule has 0 aliphatic heterocycles. The molecular weight excluding hydrogens is 452 g/mol. The van der Waals surface area contributed by atoms with Crippen LogP contribution in [0, 0.1) is 0 Å². The van der Waals surface area contributed by atoms with Crippen LogP contribution >= 0.6 is 15.9 Å². The third-order valence-corrected chi connectivity index (χ3v) is 4.87. The summed E-state index contributed by atoms with van der Waals surface area (Å²) in [5, 5.41) is 30.9. The molecule has 0 atom stereocenters. The summed E-state index contributed by atoms with van der Waals surface area (Å²) in [6.07, 6.45) is 1.75. The quantitative estimate of drug-likeness (QED) is 0.424. The van der Waals surface area contributed by atoms with Crippen molar-refractivity contribution in [2.75, 3.05) is 20.8 Å². The van der Waals surface area contributed by atoms with E-state index in [1.807, 2.05) is 0 Å². The predicted octanol–water partition coefficient (Wildman–Crippen LogP) is 5.44. The first-order chi connectivity index (χ1) is 14.5. The molecule has 3 aromatic carbocycles. The maximum Gasteiger partial charge on any atom is 0.170 e. The highest BCUT2D eigenvalue weighted by Gasteiger charge is 2.22. The number of methoxy groups -OCH3 is 2. The number of phenols is 3. The Balaban J connectivity index is 2.11. The molecule has 0 saturated heterocycles. The molecule has 0 aromatic heterocycles. The van der Waals surface area contributed by atoms with E-state index < -0.39 is 0 Å². The molecule has 0 spiro atoms. The highest BCUT2D eigenvalue weighted by molar-refractivity contribution is 9.11. The van der Waals surface area contributed by atoms with Gasteiger partial charge in [0.2, 0.25) is 0 Å². The predicted molar refractivity (Wildman–Crippen MR) is 119 cm³/mol. The Morgan fingerprint density at radius 2 is 1.57 bits per heavy atom. The van der Waals surface area contributed by atoms with Gasteiger partial charge in [-0.15, -0.1) is 0 Å². The third kappa shape index (κ3) is 4.31. The van der Waals surface area contributed by atoms with E-state index in [0.717, 1.165) is 5.56 Å². The van der Waals surface area contributed by atoms with Crippen LogP contribution in [0.4, 0.5) is 0 Å². The Hall–Kier alpha value is -3.32. The Bertz CT molecular complexity index is 1060. The van der Waals surface area contributed by atoms with E-state index in [2.05, 4.69) is 15.9 Å². The van der Waals surface area contributed by atoms with E-state index in [1.54, 1.807) is 53.5 Å². The van der Waals surface area contributed by atoms with Crippen LogP contribution in [0.15, 0.2) is 59.6 Å². The summed E-state index contributed by atoms with van der Waals surface area (Å²) in [5.41, 5.74) is 2.23. The van der Waals surface area contributed by atoms with E-state index in [0.29, 0.717) is 34.8 Å². The number of ether oxygens (including phenoxy) is 3. The van der Waals surface area contributed by atoms with E-state index in [1.165, 1.54) is 20.3 Å². The van der Waals surface area contributed by atoms with Crippen LogP contribution in [0.25, 0.3) is 22.3 Å². The third-order valence-electron chi connectivity index (χ3n) is 4.49.